The molecule has 1 aliphatic heterocycles. The molecule has 31 heavy (non-hydrogen) atoms. The highest BCUT2D eigenvalue weighted by atomic mass is 16.5. The fraction of sp³-hybridized carbons (Fsp3) is 0.400. The molecule has 2 aromatic carbocycles. The van der Waals surface area contributed by atoms with Gasteiger partial charge in [0.1, 0.15) is 0 Å². The number of aryl methyl sites for hydroxylation is 1. The van der Waals surface area contributed by atoms with Gasteiger partial charge in [-0.2, -0.15) is 0 Å². The molecule has 6 nitrogen and oxygen atoms in total. The molecule has 0 aliphatic carbocycles. The number of carbonyl (C=O) groups excluding carboxylic acids is 3. The topological polar surface area (TPSA) is 66.9 Å². The van der Waals surface area contributed by atoms with E-state index in [1.807, 2.05) is 61.5 Å². The van der Waals surface area contributed by atoms with Crippen LogP contribution in [0.2, 0.25) is 0 Å². The molecule has 0 spiro atoms. The molecule has 0 bridgehead atoms. The van der Waals surface area contributed by atoms with Crippen LogP contribution in [0.5, 0.6) is 0 Å². The predicted octanol–water partition coefficient (Wildman–Crippen LogP) is 3.44. The molecular formula is C25H30N2O4. The van der Waals surface area contributed by atoms with Crippen LogP contribution in [0.25, 0.3) is 0 Å². The Bertz CT molecular complexity index is 920. The van der Waals surface area contributed by atoms with Crippen molar-refractivity contribution in [1.29, 1.82) is 0 Å². The minimum Gasteiger partial charge on any atom is -0.452 e. The van der Waals surface area contributed by atoms with Gasteiger partial charge < -0.3 is 14.5 Å². The molecule has 164 valence electrons. The molecule has 1 aliphatic rings. The van der Waals surface area contributed by atoms with Crippen molar-refractivity contribution in [2.75, 3.05) is 20.1 Å². The summed E-state index contributed by atoms with van der Waals surface area (Å²) >= 11 is 0. The molecule has 1 unspecified atom stereocenters. The van der Waals surface area contributed by atoms with Gasteiger partial charge in [-0.1, -0.05) is 48.5 Å². The van der Waals surface area contributed by atoms with Crippen LogP contribution in [-0.2, 0) is 20.9 Å². The summed E-state index contributed by atoms with van der Waals surface area (Å²) in [5.74, 6) is -0.895. The maximum absolute atomic E-state index is 12.7. The average molecular weight is 423 g/mol. The van der Waals surface area contributed by atoms with Crippen LogP contribution in [0.4, 0.5) is 0 Å². The van der Waals surface area contributed by atoms with E-state index in [1.54, 1.807) is 23.8 Å². The number of carbonyl (C=O) groups is 3. The molecule has 3 rings (SSSR count). The van der Waals surface area contributed by atoms with Gasteiger partial charge >= 0.3 is 5.97 Å². The monoisotopic (exact) mass is 422 g/mol. The van der Waals surface area contributed by atoms with Crippen LogP contribution in [0, 0.1) is 12.8 Å². The summed E-state index contributed by atoms with van der Waals surface area (Å²) in [5.41, 5.74) is 2.66. The van der Waals surface area contributed by atoms with Crippen LogP contribution < -0.4 is 0 Å². The van der Waals surface area contributed by atoms with E-state index in [2.05, 4.69) is 0 Å². The molecule has 0 radical (unpaired) electrons. The first kappa shape index (κ1) is 22.5. The number of piperidine rings is 1. The van der Waals surface area contributed by atoms with Crippen molar-refractivity contribution in [2.24, 2.45) is 5.92 Å². The molecule has 2 amide bonds. The Labute approximate surface area is 183 Å². The molecule has 6 heteroatoms. The van der Waals surface area contributed by atoms with Gasteiger partial charge in [-0.3, -0.25) is 14.4 Å². The van der Waals surface area contributed by atoms with Gasteiger partial charge in [0.05, 0.1) is 5.92 Å². The Morgan fingerprint density at radius 3 is 2.29 bits per heavy atom. The lowest BCUT2D eigenvalue weighted by Crippen LogP contribution is -2.42. The lowest BCUT2D eigenvalue weighted by Gasteiger charge is -2.32. The molecule has 0 N–H and O–H groups in total. The van der Waals surface area contributed by atoms with Gasteiger partial charge in [0.15, 0.2) is 6.10 Å². The van der Waals surface area contributed by atoms with Crippen molar-refractivity contribution in [1.82, 2.24) is 9.80 Å². The van der Waals surface area contributed by atoms with E-state index in [4.69, 9.17) is 4.74 Å². The number of hydrogen-bond donors (Lipinski definition) is 0. The highest BCUT2D eigenvalue weighted by Gasteiger charge is 2.31. The fourth-order valence-corrected chi connectivity index (χ4v) is 3.87. The molecule has 1 saturated heterocycles. The van der Waals surface area contributed by atoms with Crippen LogP contribution in [0.3, 0.4) is 0 Å². The second-order valence-corrected chi connectivity index (χ2v) is 8.14. The lowest BCUT2D eigenvalue weighted by atomic mass is 9.96. The molecule has 2 aromatic rings. The Balaban J connectivity index is 1.48. The van der Waals surface area contributed by atoms with Gasteiger partial charge in [0.2, 0.25) is 0 Å². The third kappa shape index (κ3) is 5.72. The standard InChI is InChI=1S/C25H30N2O4/c1-18-9-7-8-12-22(18)24(29)27-15-13-21(14-16-27)25(30)31-19(2)23(28)26(3)17-20-10-5-4-6-11-20/h4-12,19,21H,13-17H2,1-3H3. The quantitative estimate of drug-likeness (QED) is 0.669. The summed E-state index contributed by atoms with van der Waals surface area (Å²) in [6.45, 7) is 5.00. The zero-order valence-electron chi connectivity index (χ0n) is 18.4. The second-order valence-electron chi connectivity index (χ2n) is 8.14. The SMILES string of the molecule is Cc1ccccc1C(=O)N1CCC(C(=O)OC(C)C(=O)N(C)Cc2ccccc2)CC1. The number of esters is 1. The van der Waals surface area contributed by atoms with E-state index in [1.165, 1.54) is 0 Å². The second kappa shape index (κ2) is 10.2. The van der Waals surface area contributed by atoms with E-state index < -0.39 is 6.10 Å². The largest absolute Gasteiger partial charge is 0.452 e. The minimum absolute atomic E-state index is 0.00370. The number of benzene rings is 2. The van der Waals surface area contributed by atoms with E-state index in [0.717, 1.165) is 11.1 Å². The maximum Gasteiger partial charge on any atom is 0.309 e. The predicted molar refractivity (Wildman–Crippen MR) is 118 cm³/mol. The molecule has 1 fully saturated rings. The Morgan fingerprint density at radius 1 is 1.03 bits per heavy atom. The number of amides is 2. The first-order valence-electron chi connectivity index (χ1n) is 10.7. The summed E-state index contributed by atoms with van der Waals surface area (Å²) in [7, 11) is 1.70. The first-order valence-corrected chi connectivity index (χ1v) is 10.7. The maximum atomic E-state index is 12.7. The van der Waals surface area contributed by atoms with E-state index >= 15 is 0 Å². The van der Waals surface area contributed by atoms with Crippen LogP contribution in [-0.4, -0.2) is 53.8 Å². The summed E-state index contributed by atoms with van der Waals surface area (Å²) in [4.78, 5) is 41.3. The molecule has 0 saturated carbocycles. The van der Waals surface area contributed by atoms with Crippen LogP contribution >= 0.6 is 0 Å². The highest BCUT2D eigenvalue weighted by molar-refractivity contribution is 5.95. The fourth-order valence-electron chi connectivity index (χ4n) is 3.87. The molecule has 1 atom stereocenters. The number of ether oxygens (including phenoxy) is 1. The van der Waals surface area contributed by atoms with Crippen molar-refractivity contribution in [2.45, 2.75) is 39.3 Å². The normalized spacial score (nSPS) is 15.3. The number of rotatable bonds is 6. The number of likely N-dealkylation sites (N-methyl/N-ethyl adjacent to an activating group) is 1. The van der Waals surface area contributed by atoms with Gasteiger partial charge in [-0.15, -0.1) is 0 Å². The number of nitrogens with zero attached hydrogens (tertiary/aromatic N) is 2. The van der Waals surface area contributed by atoms with E-state index in [0.29, 0.717) is 38.0 Å². The third-order valence-electron chi connectivity index (χ3n) is 5.77. The molecular weight excluding hydrogens is 392 g/mol. The summed E-state index contributed by atoms with van der Waals surface area (Å²) in [5, 5.41) is 0. The van der Waals surface area contributed by atoms with Crippen molar-refractivity contribution in [3.8, 4) is 0 Å². The van der Waals surface area contributed by atoms with E-state index in [9.17, 15) is 14.4 Å². The minimum atomic E-state index is -0.840. The van der Waals surface area contributed by atoms with Crippen molar-refractivity contribution in [3.63, 3.8) is 0 Å². The smallest absolute Gasteiger partial charge is 0.309 e. The van der Waals surface area contributed by atoms with Crippen molar-refractivity contribution in [3.05, 3.63) is 71.3 Å². The highest BCUT2D eigenvalue weighted by Crippen LogP contribution is 2.22. The van der Waals surface area contributed by atoms with Crippen molar-refractivity contribution >= 4 is 17.8 Å². The summed E-state index contributed by atoms with van der Waals surface area (Å²) in [6, 6.07) is 17.2. The summed E-state index contributed by atoms with van der Waals surface area (Å²) in [6.07, 6.45) is 0.238. The molecule has 1 heterocycles. The lowest BCUT2D eigenvalue weighted by molar-refractivity contribution is -0.163. The Morgan fingerprint density at radius 2 is 1.65 bits per heavy atom. The van der Waals surface area contributed by atoms with Crippen LogP contribution in [0.15, 0.2) is 54.6 Å². The van der Waals surface area contributed by atoms with Gasteiger partial charge in [-0.05, 0) is 43.9 Å². The van der Waals surface area contributed by atoms with Gasteiger partial charge in [-0.25, -0.2) is 0 Å². The van der Waals surface area contributed by atoms with Gasteiger partial charge in [0.25, 0.3) is 11.8 Å². The Kier molecular flexibility index (Phi) is 7.45. The first-order chi connectivity index (χ1) is 14.9. The number of likely N-dealkylation sites (tertiary alicyclic amines) is 1. The average Bonchev–Trinajstić information content (AvgIpc) is 2.79. The number of hydrogen-bond acceptors (Lipinski definition) is 4. The van der Waals surface area contributed by atoms with Gasteiger partial charge in [0, 0.05) is 32.2 Å². The van der Waals surface area contributed by atoms with Crippen LogP contribution in [0.1, 0.15) is 41.3 Å². The molecule has 0 aromatic heterocycles. The zero-order chi connectivity index (χ0) is 22.4. The zero-order valence-corrected chi connectivity index (χ0v) is 18.4. The summed E-state index contributed by atoms with van der Waals surface area (Å²) < 4.78 is 5.48. The Hall–Kier alpha value is -3.15. The van der Waals surface area contributed by atoms with Crippen molar-refractivity contribution < 1.29 is 19.1 Å². The third-order valence-corrected chi connectivity index (χ3v) is 5.77. The van der Waals surface area contributed by atoms with E-state index in [-0.39, 0.29) is 23.7 Å².